The van der Waals surface area contributed by atoms with E-state index in [1.807, 2.05) is 19.9 Å². The minimum absolute atomic E-state index is 0.221. The van der Waals surface area contributed by atoms with E-state index < -0.39 is 0 Å². The van der Waals surface area contributed by atoms with E-state index in [4.69, 9.17) is 4.74 Å². The molecule has 0 saturated carbocycles. The molecule has 0 N–H and O–H groups in total. The van der Waals surface area contributed by atoms with Crippen molar-refractivity contribution in [2.75, 3.05) is 6.61 Å². The third-order valence-corrected chi connectivity index (χ3v) is 1.87. The Balaban J connectivity index is 3.83. The molecule has 80 valence electrons. The first kappa shape index (κ1) is 12.9. The highest BCUT2D eigenvalue weighted by atomic mass is 16.5. The number of ether oxygens (including phenoxy) is 1. The first-order valence-electron chi connectivity index (χ1n) is 5.22. The molecule has 0 aromatic rings. The van der Waals surface area contributed by atoms with Gasteiger partial charge in [0.05, 0.1) is 12.2 Å². The van der Waals surface area contributed by atoms with Crippen LogP contribution >= 0.6 is 0 Å². The van der Waals surface area contributed by atoms with Gasteiger partial charge in [0.25, 0.3) is 0 Å². The molecular weight excluding hydrogens is 176 g/mol. The van der Waals surface area contributed by atoms with Crippen LogP contribution in [0.2, 0.25) is 0 Å². The van der Waals surface area contributed by atoms with E-state index in [0.29, 0.717) is 12.2 Å². The fraction of sp³-hybridized carbons (Fsp3) is 0.583. The summed E-state index contributed by atoms with van der Waals surface area (Å²) in [5, 5.41) is 0. The maximum Gasteiger partial charge on any atom is 0.337 e. The van der Waals surface area contributed by atoms with Crippen LogP contribution in [0.25, 0.3) is 0 Å². The quantitative estimate of drug-likeness (QED) is 0.282. The molecule has 0 radical (unpaired) electrons. The van der Waals surface area contributed by atoms with Crippen LogP contribution in [0.5, 0.6) is 0 Å². The number of unbranched alkanes of at least 4 members (excludes halogenated alkanes) is 2. The molecule has 0 atom stereocenters. The maximum absolute atomic E-state index is 11.4. The van der Waals surface area contributed by atoms with Gasteiger partial charge in [-0.15, -0.1) is 0 Å². The van der Waals surface area contributed by atoms with Crippen molar-refractivity contribution in [2.45, 2.75) is 40.0 Å². The fourth-order valence-corrected chi connectivity index (χ4v) is 1.06. The number of allylic oxidation sites excluding steroid dienone is 2. The molecule has 0 amide bonds. The molecule has 0 bridgehead atoms. The zero-order valence-corrected chi connectivity index (χ0v) is 9.38. The summed E-state index contributed by atoms with van der Waals surface area (Å²) in [7, 11) is 0. The van der Waals surface area contributed by atoms with Crippen molar-refractivity contribution in [3.63, 3.8) is 0 Å². The van der Waals surface area contributed by atoms with Gasteiger partial charge in [-0.3, -0.25) is 0 Å². The molecule has 0 spiro atoms. The Bertz CT molecular complexity index is 214. The van der Waals surface area contributed by atoms with Gasteiger partial charge in [0.2, 0.25) is 0 Å². The van der Waals surface area contributed by atoms with E-state index in [1.54, 1.807) is 12.2 Å². The number of hydrogen-bond acceptors (Lipinski definition) is 2. The summed E-state index contributed by atoms with van der Waals surface area (Å²) in [5.74, 6) is -0.221. The Morgan fingerprint density at radius 2 is 2.00 bits per heavy atom. The van der Waals surface area contributed by atoms with Gasteiger partial charge >= 0.3 is 5.97 Å². The molecule has 0 aromatic heterocycles. The van der Waals surface area contributed by atoms with Crippen molar-refractivity contribution >= 4 is 5.97 Å². The Hall–Kier alpha value is -1.05. The first-order chi connectivity index (χ1) is 6.76. The number of hydrogen-bond donors (Lipinski definition) is 0. The second kappa shape index (κ2) is 8.54. The zero-order chi connectivity index (χ0) is 10.8. The van der Waals surface area contributed by atoms with Crippen molar-refractivity contribution in [1.29, 1.82) is 0 Å². The van der Waals surface area contributed by atoms with Crippen molar-refractivity contribution in [3.05, 3.63) is 23.8 Å². The summed E-state index contributed by atoms with van der Waals surface area (Å²) >= 11 is 0. The molecule has 0 aliphatic heterocycles. The minimum Gasteiger partial charge on any atom is -0.462 e. The van der Waals surface area contributed by atoms with E-state index in [2.05, 4.69) is 6.92 Å². The third kappa shape index (κ3) is 5.57. The molecule has 0 rings (SSSR count). The van der Waals surface area contributed by atoms with Gasteiger partial charge in [-0.2, -0.15) is 0 Å². The largest absolute Gasteiger partial charge is 0.462 e. The monoisotopic (exact) mass is 196 g/mol. The normalized spacial score (nSPS) is 12.1. The smallest absolute Gasteiger partial charge is 0.337 e. The molecule has 0 aliphatic carbocycles. The summed E-state index contributed by atoms with van der Waals surface area (Å²) in [6.07, 6.45) is 8.58. The van der Waals surface area contributed by atoms with E-state index in [0.717, 1.165) is 19.3 Å². The van der Waals surface area contributed by atoms with Crippen molar-refractivity contribution < 1.29 is 9.53 Å². The first-order valence-corrected chi connectivity index (χ1v) is 5.22. The summed E-state index contributed by atoms with van der Waals surface area (Å²) in [4.78, 5) is 11.4. The van der Waals surface area contributed by atoms with Crippen molar-refractivity contribution in [1.82, 2.24) is 0 Å². The maximum atomic E-state index is 11.4. The summed E-state index contributed by atoms with van der Waals surface area (Å²) < 4.78 is 5.09. The van der Waals surface area contributed by atoms with Crippen molar-refractivity contribution in [3.8, 4) is 0 Å². The highest BCUT2D eigenvalue weighted by molar-refractivity contribution is 5.91. The average Bonchev–Trinajstić information content (AvgIpc) is 2.20. The molecule has 0 aromatic carbocycles. The van der Waals surface area contributed by atoms with Crippen LogP contribution in [0, 0.1) is 0 Å². The van der Waals surface area contributed by atoms with Crippen molar-refractivity contribution in [2.24, 2.45) is 0 Å². The standard InChI is InChI=1S/C12H20O2/c1-4-7-8-10-14-12(13)11(6-3)9-5-2/h5-6,9H,4,7-8,10H2,1-3H3. The average molecular weight is 196 g/mol. The molecular formula is C12H20O2. The molecule has 14 heavy (non-hydrogen) atoms. The van der Waals surface area contributed by atoms with E-state index in [1.165, 1.54) is 0 Å². The minimum atomic E-state index is -0.221. The van der Waals surface area contributed by atoms with Gasteiger partial charge in [0, 0.05) is 0 Å². The second-order valence-electron chi connectivity index (χ2n) is 3.09. The lowest BCUT2D eigenvalue weighted by Crippen LogP contribution is -2.07. The molecule has 0 unspecified atom stereocenters. The second-order valence-corrected chi connectivity index (χ2v) is 3.09. The third-order valence-electron chi connectivity index (χ3n) is 1.87. The predicted molar refractivity (Wildman–Crippen MR) is 59.1 cm³/mol. The van der Waals surface area contributed by atoms with Gasteiger partial charge in [0.15, 0.2) is 0 Å². The SMILES string of the molecule is CC=CC(=CC)C(=O)OCCCCC. The van der Waals surface area contributed by atoms with Crippen LogP contribution < -0.4 is 0 Å². The molecule has 2 heteroatoms. The molecule has 0 fully saturated rings. The lowest BCUT2D eigenvalue weighted by Gasteiger charge is -2.04. The van der Waals surface area contributed by atoms with Crippen LogP contribution in [0.15, 0.2) is 23.8 Å². The van der Waals surface area contributed by atoms with Crippen LogP contribution in [-0.2, 0) is 9.53 Å². The van der Waals surface area contributed by atoms with Gasteiger partial charge in [-0.1, -0.05) is 38.0 Å². The number of carbonyl (C=O) groups excluding carboxylic acids is 1. The van der Waals surface area contributed by atoms with E-state index in [9.17, 15) is 4.79 Å². The molecule has 0 aliphatic rings. The lowest BCUT2D eigenvalue weighted by molar-refractivity contribution is -0.138. The number of rotatable bonds is 6. The molecule has 0 heterocycles. The highest BCUT2D eigenvalue weighted by Crippen LogP contribution is 2.02. The Morgan fingerprint density at radius 1 is 1.29 bits per heavy atom. The Morgan fingerprint density at radius 3 is 2.50 bits per heavy atom. The predicted octanol–water partition coefficient (Wildman–Crippen LogP) is 3.24. The Kier molecular flexibility index (Phi) is 7.90. The van der Waals surface area contributed by atoms with Crippen LogP contribution in [0.4, 0.5) is 0 Å². The van der Waals surface area contributed by atoms with E-state index in [-0.39, 0.29) is 5.97 Å². The lowest BCUT2D eigenvalue weighted by atomic mass is 10.2. The van der Waals surface area contributed by atoms with E-state index >= 15 is 0 Å². The van der Waals surface area contributed by atoms with Gasteiger partial charge in [-0.25, -0.2) is 4.79 Å². The Labute approximate surface area is 86.6 Å². The van der Waals surface area contributed by atoms with Gasteiger partial charge in [0.1, 0.15) is 0 Å². The van der Waals surface area contributed by atoms with Crippen LogP contribution in [-0.4, -0.2) is 12.6 Å². The summed E-state index contributed by atoms with van der Waals surface area (Å²) in [5.41, 5.74) is 0.629. The summed E-state index contributed by atoms with van der Waals surface area (Å²) in [6.45, 7) is 6.37. The zero-order valence-electron chi connectivity index (χ0n) is 9.38. The van der Waals surface area contributed by atoms with Crippen LogP contribution in [0.3, 0.4) is 0 Å². The number of carbonyl (C=O) groups is 1. The summed E-state index contributed by atoms with van der Waals surface area (Å²) in [6, 6.07) is 0. The highest BCUT2D eigenvalue weighted by Gasteiger charge is 2.05. The fourth-order valence-electron chi connectivity index (χ4n) is 1.06. The van der Waals surface area contributed by atoms with Crippen LogP contribution in [0.1, 0.15) is 40.0 Å². The van der Waals surface area contributed by atoms with Gasteiger partial charge in [-0.05, 0) is 20.3 Å². The molecule has 2 nitrogen and oxygen atoms in total. The topological polar surface area (TPSA) is 26.3 Å². The number of esters is 1. The van der Waals surface area contributed by atoms with Gasteiger partial charge < -0.3 is 4.74 Å². The molecule has 0 saturated heterocycles.